The van der Waals surface area contributed by atoms with Crippen molar-refractivity contribution in [2.24, 2.45) is 0 Å². The maximum atomic E-state index is 12.8. The molecule has 33 heavy (non-hydrogen) atoms. The number of carbonyl (C=O) groups is 1. The standard InChI is InChI=1S/C26H26N4O3/c1-17(2)33-26-28-24(23-14-6-5-9-18(23)3)30(29-26)21-12-8-11-20(16-21)27-25(31)19-10-7-13-22(15-19)32-4/h5-17H,1-4H3,(H,27,31). The van der Waals surface area contributed by atoms with Gasteiger partial charge in [-0.15, -0.1) is 5.10 Å². The first-order chi connectivity index (χ1) is 15.9. The fraction of sp³-hybridized carbons (Fsp3) is 0.192. The number of benzene rings is 3. The van der Waals surface area contributed by atoms with Crippen molar-refractivity contribution in [3.05, 3.63) is 83.9 Å². The summed E-state index contributed by atoms with van der Waals surface area (Å²) in [5, 5.41) is 7.54. The molecule has 0 radical (unpaired) electrons. The van der Waals surface area contributed by atoms with Crippen molar-refractivity contribution in [1.29, 1.82) is 0 Å². The van der Waals surface area contributed by atoms with Gasteiger partial charge < -0.3 is 14.8 Å². The van der Waals surface area contributed by atoms with Crippen LogP contribution in [0.25, 0.3) is 17.1 Å². The van der Waals surface area contributed by atoms with Gasteiger partial charge in [0.2, 0.25) is 0 Å². The van der Waals surface area contributed by atoms with Gasteiger partial charge in [-0.2, -0.15) is 4.98 Å². The van der Waals surface area contributed by atoms with E-state index in [0.717, 1.165) is 16.8 Å². The molecule has 168 valence electrons. The van der Waals surface area contributed by atoms with Crippen LogP contribution in [0.1, 0.15) is 29.8 Å². The molecule has 4 aromatic rings. The van der Waals surface area contributed by atoms with Crippen molar-refractivity contribution in [1.82, 2.24) is 14.8 Å². The van der Waals surface area contributed by atoms with E-state index in [9.17, 15) is 4.79 Å². The predicted octanol–water partition coefficient (Wildman–Crippen LogP) is 5.29. The van der Waals surface area contributed by atoms with Crippen molar-refractivity contribution < 1.29 is 14.3 Å². The van der Waals surface area contributed by atoms with Crippen molar-refractivity contribution in [2.45, 2.75) is 26.9 Å². The predicted molar refractivity (Wildman–Crippen MR) is 128 cm³/mol. The number of aromatic nitrogens is 3. The quantitative estimate of drug-likeness (QED) is 0.421. The zero-order chi connectivity index (χ0) is 23.4. The fourth-order valence-electron chi connectivity index (χ4n) is 3.42. The van der Waals surface area contributed by atoms with Gasteiger partial charge in [-0.05, 0) is 62.7 Å². The van der Waals surface area contributed by atoms with Gasteiger partial charge in [0.05, 0.1) is 18.9 Å². The number of ether oxygens (including phenoxy) is 2. The normalized spacial score (nSPS) is 10.8. The molecule has 0 atom stereocenters. The molecule has 0 unspecified atom stereocenters. The summed E-state index contributed by atoms with van der Waals surface area (Å²) in [6, 6.07) is 22.8. The fourth-order valence-corrected chi connectivity index (χ4v) is 3.42. The number of amides is 1. The average Bonchev–Trinajstić information content (AvgIpc) is 3.22. The molecule has 1 heterocycles. The van der Waals surface area contributed by atoms with Gasteiger partial charge in [0, 0.05) is 16.8 Å². The Balaban J connectivity index is 1.69. The molecule has 0 saturated carbocycles. The molecule has 0 spiro atoms. The maximum Gasteiger partial charge on any atom is 0.336 e. The lowest BCUT2D eigenvalue weighted by Crippen LogP contribution is -2.12. The second-order valence-electron chi connectivity index (χ2n) is 7.85. The first-order valence-electron chi connectivity index (χ1n) is 10.7. The lowest BCUT2D eigenvalue weighted by molar-refractivity contribution is 0.102. The van der Waals surface area contributed by atoms with Gasteiger partial charge in [-0.3, -0.25) is 4.79 Å². The van der Waals surface area contributed by atoms with Crippen molar-refractivity contribution in [3.8, 4) is 28.8 Å². The van der Waals surface area contributed by atoms with Crippen LogP contribution in [-0.2, 0) is 0 Å². The molecule has 7 nitrogen and oxygen atoms in total. The Morgan fingerprint density at radius 2 is 1.79 bits per heavy atom. The molecule has 7 heteroatoms. The van der Waals surface area contributed by atoms with E-state index in [1.165, 1.54) is 0 Å². The van der Waals surface area contributed by atoms with E-state index >= 15 is 0 Å². The first-order valence-corrected chi connectivity index (χ1v) is 10.7. The minimum Gasteiger partial charge on any atom is -0.497 e. The van der Waals surface area contributed by atoms with Crippen LogP contribution in [0.3, 0.4) is 0 Å². The first kappa shape index (κ1) is 22.1. The number of methoxy groups -OCH3 is 1. The van der Waals surface area contributed by atoms with Crippen molar-refractivity contribution in [3.63, 3.8) is 0 Å². The molecule has 1 N–H and O–H groups in total. The summed E-state index contributed by atoms with van der Waals surface area (Å²) in [6.45, 7) is 5.90. The van der Waals surface area contributed by atoms with Gasteiger partial charge in [0.15, 0.2) is 5.82 Å². The third-order valence-electron chi connectivity index (χ3n) is 5.00. The lowest BCUT2D eigenvalue weighted by Gasteiger charge is -2.11. The third-order valence-corrected chi connectivity index (χ3v) is 5.00. The smallest absolute Gasteiger partial charge is 0.336 e. The number of nitrogens with one attached hydrogen (secondary N) is 1. The van der Waals surface area contributed by atoms with E-state index in [0.29, 0.717) is 28.8 Å². The summed E-state index contributed by atoms with van der Waals surface area (Å²) in [5.74, 6) is 1.06. The molecule has 4 rings (SSSR count). The Bertz CT molecular complexity index is 1280. The largest absolute Gasteiger partial charge is 0.497 e. The number of anilines is 1. The van der Waals surface area contributed by atoms with Crippen LogP contribution in [0.15, 0.2) is 72.8 Å². The van der Waals surface area contributed by atoms with E-state index in [-0.39, 0.29) is 12.0 Å². The van der Waals surface area contributed by atoms with Gasteiger partial charge in [-0.1, -0.05) is 36.4 Å². The Morgan fingerprint density at radius 3 is 2.55 bits per heavy atom. The van der Waals surface area contributed by atoms with E-state index < -0.39 is 0 Å². The number of rotatable bonds is 7. The lowest BCUT2D eigenvalue weighted by atomic mass is 10.1. The van der Waals surface area contributed by atoms with Gasteiger partial charge in [0.1, 0.15) is 5.75 Å². The topological polar surface area (TPSA) is 78.3 Å². The molecule has 1 amide bonds. The highest BCUT2D eigenvalue weighted by Gasteiger charge is 2.17. The van der Waals surface area contributed by atoms with Gasteiger partial charge in [-0.25, -0.2) is 4.68 Å². The van der Waals surface area contributed by atoms with Crippen LogP contribution in [0.2, 0.25) is 0 Å². The summed E-state index contributed by atoms with van der Waals surface area (Å²) < 4.78 is 12.7. The van der Waals surface area contributed by atoms with E-state index in [1.54, 1.807) is 36.1 Å². The molecule has 0 aliphatic heterocycles. The highest BCUT2D eigenvalue weighted by atomic mass is 16.5. The summed E-state index contributed by atoms with van der Waals surface area (Å²) in [7, 11) is 1.57. The molecule has 0 aliphatic carbocycles. The highest BCUT2D eigenvalue weighted by Crippen LogP contribution is 2.27. The summed E-state index contributed by atoms with van der Waals surface area (Å²) in [4.78, 5) is 17.4. The number of carbonyl (C=O) groups excluding carboxylic acids is 1. The van der Waals surface area contributed by atoms with E-state index in [2.05, 4.69) is 15.4 Å². The zero-order valence-electron chi connectivity index (χ0n) is 19.1. The van der Waals surface area contributed by atoms with Crippen LogP contribution in [0.4, 0.5) is 5.69 Å². The van der Waals surface area contributed by atoms with Crippen LogP contribution in [-0.4, -0.2) is 33.9 Å². The van der Waals surface area contributed by atoms with E-state index in [1.807, 2.05) is 69.3 Å². The van der Waals surface area contributed by atoms with Crippen LogP contribution in [0, 0.1) is 6.92 Å². The third kappa shape index (κ3) is 5.03. The van der Waals surface area contributed by atoms with Crippen LogP contribution < -0.4 is 14.8 Å². The Labute approximate surface area is 193 Å². The van der Waals surface area contributed by atoms with Crippen molar-refractivity contribution >= 4 is 11.6 Å². The molecule has 0 fully saturated rings. The number of aryl methyl sites for hydroxylation is 1. The van der Waals surface area contributed by atoms with E-state index in [4.69, 9.17) is 9.47 Å². The van der Waals surface area contributed by atoms with Crippen LogP contribution >= 0.6 is 0 Å². The summed E-state index contributed by atoms with van der Waals surface area (Å²) in [6.07, 6.45) is -0.0564. The minimum atomic E-state index is -0.229. The van der Waals surface area contributed by atoms with Crippen LogP contribution in [0.5, 0.6) is 11.8 Å². The Hall–Kier alpha value is -4.13. The monoisotopic (exact) mass is 442 g/mol. The minimum absolute atomic E-state index is 0.0564. The number of nitrogens with zero attached hydrogens (tertiary/aromatic N) is 3. The highest BCUT2D eigenvalue weighted by molar-refractivity contribution is 6.04. The Morgan fingerprint density at radius 1 is 1.00 bits per heavy atom. The molecule has 0 bridgehead atoms. The number of hydrogen-bond donors (Lipinski definition) is 1. The summed E-state index contributed by atoms with van der Waals surface area (Å²) >= 11 is 0. The van der Waals surface area contributed by atoms with Gasteiger partial charge >= 0.3 is 6.01 Å². The Kier molecular flexibility index (Phi) is 6.40. The molecule has 1 aromatic heterocycles. The molecular weight excluding hydrogens is 416 g/mol. The zero-order valence-corrected chi connectivity index (χ0v) is 19.1. The molecule has 0 aliphatic rings. The second kappa shape index (κ2) is 9.56. The average molecular weight is 443 g/mol. The number of hydrogen-bond acceptors (Lipinski definition) is 5. The second-order valence-corrected chi connectivity index (χ2v) is 7.85. The molecular formula is C26H26N4O3. The maximum absolute atomic E-state index is 12.8. The molecule has 0 saturated heterocycles. The van der Waals surface area contributed by atoms with Gasteiger partial charge in [0.25, 0.3) is 5.91 Å². The SMILES string of the molecule is COc1cccc(C(=O)Nc2cccc(-n3nc(OC(C)C)nc3-c3ccccc3C)c2)c1. The van der Waals surface area contributed by atoms with Crippen molar-refractivity contribution in [2.75, 3.05) is 12.4 Å². The summed E-state index contributed by atoms with van der Waals surface area (Å²) in [5.41, 5.74) is 3.92. The molecule has 3 aromatic carbocycles.